The Morgan fingerprint density at radius 3 is 2.36 bits per heavy atom. The zero-order valence-corrected chi connectivity index (χ0v) is 21.7. The first-order valence-corrected chi connectivity index (χ1v) is 12.8. The molecule has 0 unspecified atom stereocenters. The first-order valence-electron chi connectivity index (χ1n) is 12.0. The van der Waals surface area contributed by atoms with Gasteiger partial charge >= 0.3 is 0 Å². The Balaban J connectivity index is 1.48. The van der Waals surface area contributed by atoms with E-state index in [1.54, 1.807) is 36.4 Å². The van der Waals surface area contributed by atoms with Crippen molar-refractivity contribution in [3.05, 3.63) is 82.8 Å². The number of anilines is 2. The van der Waals surface area contributed by atoms with Crippen molar-refractivity contribution in [3.63, 3.8) is 0 Å². The molecule has 8 heteroatoms. The predicted molar refractivity (Wildman–Crippen MR) is 140 cm³/mol. The third kappa shape index (κ3) is 4.35. The number of hydrogen-bond acceptors (Lipinski definition) is 6. The number of hydroxylamine groups is 1. The van der Waals surface area contributed by atoms with Crippen LogP contribution >= 0.6 is 15.9 Å². The highest BCUT2D eigenvalue weighted by Gasteiger charge is 2.60. The molecule has 2 fully saturated rings. The van der Waals surface area contributed by atoms with Crippen LogP contribution in [0.5, 0.6) is 11.5 Å². The fraction of sp³-hybridized carbons (Fsp3) is 0.286. The maximum Gasteiger partial charge on any atom is 0.266 e. The molecule has 0 spiro atoms. The molecule has 0 saturated carbocycles. The molecule has 3 aromatic rings. The van der Waals surface area contributed by atoms with Gasteiger partial charge in [-0.2, -0.15) is 0 Å². The van der Waals surface area contributed by atoms with Crippen LogP contribution in [-0.2, 0) is 14.4 Å². The van der Waals surface area contributed by atoms with Gasteiger partial charge in [-0.3, -0.25) is 14.4 Å². The molecule has 2 aliphatic heterocycles. The average molecular weight is 551 g/mol. The van der Waals surface area contributed by atoms with Crippen molar-refractivity contribution in [2.45, 2.75) is 31.9 Å². The monoisotopic (exact) mass is 550 g/mol. The van der Waals surface area contributed by atoms with Crippen molar-refractivity contribution in [3.8, 4) is 11.5 Å². The number of fused-ring (bicyclic) bond motifs is 1. The lowest BCUT2D eigenvalue weighted by Gasteiger charge is -2.29. The van der Waals surface area contributed by atoms with Crippen molar-refractivity contribution < 1.29 is 23.9 Å². The van der Waals surface area contributed by atoms with E-state index in [9.17, 15) is 9.59 Å². The van der Waals surface area contributed by atoms with E-state index >= 15 is 0 Å². The second-order valence-corrected chi connectivity index (χ2v) is 9.61. The van der Waals surface area contributed by atoms with E-state index in [4.69, 9.17) is 14.3 Å². The highest BCUT2D eigenvalue weighted by molar-refractivity contribution is 9.10. The Morgan fingerprint density at radius 1 is 0.944 bits per heavy atom. The molecule has 36 heavy (non-hydrogen) atoms. The molecule has 0 aliphatic carbocycles. The molecule has 0 bridgehead atoms. The van der Waals surface area contributed by atoms with E-state index < -0.39 is 18.1 Å². The number of amides is 2. The summed E-state index contributed by atoms with van der Waals surface area (Å²) in [7, 11) is 1.60. The summed E-state index contributed by atoms with van der Waals surface area (Å²) in [6.45, 7) is 2.73. The van der Waals surface area contributed by atoms with E-state index in [2.05, 4.69) is 22.9 Å². The van der Waals surface area contributed by atoms with Gasteiger partial charge in [0, 0.05) is 0 Å². The van der Waals surface area contributed by atoms with Crippen molar-refractivity contribution in [1.82, 2.24) is 0 Å². The third-order valence-corrected chi connectivity index (χ3v) is 7.12. The van der Waals surface area contributed by atoms with Crippen LogP contribution in [0.4, 0.5) is 11.4 Å². The van der Waals surface area contributed by atoms with Gasteiger partial charge in [-0.15, -0.1) is 0 Å². The lowest BCUT2D eigenvalue weighted by Crippen LogP contribution is -2.37. The summed E-state index contributed by atoms with van der Waals surface area (Å²) in [6.07, 6.45) is 1.08. The molecule has 2 aliphatic rings. The van der Waals surface area contributed by atoms with Crippen LogP contribution in [0.25, 0.3) is 0 Å². The van der Waals surface area contributed by atoms with E-state index in [1.165, 1.54) is 4.90 Å². The van der Waals surface area contributed by atoms with Gasteiger partial charge in [0.05, 0.1) is 35.6 Å². The number of rotatable bonds is 8. The molecule has 3 atom stereocenters. The molecule has 0 aromatic heterocycles. The second-order valence-electron chi connectivity index (χ2n) is 8.76. The number of para-hydroxylation sites is 1. The average Bonchev–Trinajstić information content (AvgIpc) is 3.41. The van der Waals surface area contributed by atoms with E-state index in [0.717, 1.165) is 28.6 Å². The molecule has 2 heterocycles. The molecule has 3 aromatic carbocycles. The number of nitrogens with zero attached hydrogens (tertiary/aromatic N) is 2. The summed E-state index contributed by atoms with van der Waals surface area (Å²) >= 11 is 3.55. The number of methoxy groups -OCH3 is 1. The van der Waals surface area contributed by atoms with Crippen LogP contribution < -0.4 is 19.4 Å². The minimum Gasteiger partial charge on any atom is -0.496 e. The van der Waals surface area contributed by atoms with Crippen LogP contribution in [0.3, 0.4) is 0 Å². The second kappa shape index (κ2) is 10.3. The minimum absolute atomic E-state index is 0.292. The fourth-order valence-corrected chi connectivity index (χ4v) is 5.26. The number of ether oxygens (including phenoxy) is 2. The van der Waals surface area contributed by atoms with Crippen LogP contribution in [0, 0.1) is 5.92 Å². The van der Waals surface area contributed by atoms with E-state index in [-0.39, 0.29) is 11.8 Å². The molecule has 2 saturated heterocycles. The molecule has 7 nitrogen and oxygen atoms in total. The Labute approximate surface area is 218 Å². The minimum atomic E-state index is -0.927. The maximum absolute atomic E-state index is 13.8. The Bertz CT molecular complexity index is 1250. The zero-order valence-electron chi connectivity index (χ0n) is 20.1. The molecular weight excluding hydrogens is 524 g/mol. The Hall–Kier alpha value is -3.36. The lowest BCUT2D eigenvalue weighted by atomic mass is 9.90. The van der Waals surface area contributed by atoms with Gasteiger partial charge in [0.2, 0.25) is 5.91 Å². The number of benzene rings is 3. The van der Waals surface area contributed by atoms with Crippen LogP contribution in [0.2, 0.25) is 0 Å². The molecule has 186 valence electrons. The summed E-state index contributed by atoms with van der Waals surface area (Å²) in [6, 6.07) is 21.7. The maximum atomic E-state index is 13.8. The molecule has 5 rings (SSSR count). The van der Waals surface area contributed by atoms with Gasteiger partial charge < -0.3 is 9.47 Å². The molecule has 0 N–H and O–H groups in total. The summed E-state index contributed by atoms with van der Waals surface area (Å²) in [5.41, 5.74) is 2.11. The number of unbranched alkanes of at least 4 members (excludes halogenated alkanes) is 1. The van der Waals surface area contributed by atoms with Gasteiger partial charge in [-0.05, 0) is 76.4 Å². The van der Waals surface area contributed by atoms with Gasteiger partial charge in [0.25, 0.3) is 5.91 Å². The van der Waals surface area contributed by atoms with Gasteiger partial charge in [-0.25, -0.2) is 9.96 Å². The van der Waals surface area contributed by atoms with Crippen molar-refractivity contribution in [1.29, 1.82) is 0 Å². The quantitative estimate of drug-likeness (QED) is 0.265. The zero-order chi connectivity index (χ0) is 25.2. The van der Waals surface area contributed by atoms with Gasteiger partial charge in [0.15, 0.2) is 6.10 Å². The standard InChI is InChI=1S/C28H27BrN2O5/c1-3-4-16-35-21-13-11-19(12-14-21)30-27(32)24-25(18-10-15-23(34-2)22(29)17-18)31(36-26(24)28(30)33)20-8-6-5-7-9-20/h5-15,17,24-26H,3-4,16H2,1-2H3/t24-,25+,26+/m1/s1. The van der Waals surface area contributed by atoms with E-state index in [1.807, 2.05) is 48.5 Å². The predicted octanol–water partition coefficient (Wildman–Crippen LogP) is 5.69. The number of carbonyl (C=O) groups excluding carboxylic acids is 2. The summed E-state index contributed by atoms with van der Waals surface area (Å²) in [5, 5.41) is 1.68. The Morgan fingerprint density at radius 2 is 1.69 bits per heavy atom. The normalized spacial score (nSPS) is 21.1. The highest BCUT2D eigenvalue weighted by atomic mass is 79.9. The fourth-order valence-electron chi connectivity index (χ4n) is 4.70. The van der Waals surface area contributed by atoms with Crippen molar-refractivity contribution >= 4 is 39.1 Å². The van der Waals surface area contributed by atoms with Crippen molar-refractivity contribution in [2.24, 2.45) is 5.92 Å². The molecule has 0 radical (unpaired) electrons. The summed E-state index contributed by atoms with van der Waals surface area (Å²) in [5.74, 6) is 0.00953. The van der Waals surface area contributed by atoms with E-state index in [0.29, 0.717) is 23.8 Å². The number of halogens is 1. The first kappa shape index (κ1) is 24.3. The van der Waals surface area contributed by atoms with Crippen molar-refractivity contribution in [2.75, 3.05) is 23.7 Å². The Kier molecular flexibility index (Phi) is 6.98. The van der Waals surface area contributed by atoms with Crippen LogP contribution in [-0.4, -0.2) is 31.6 Å². The topological polar surface area (TPSA) is 68.3 Å². The molecule has 2 amide bonds. The summed E-state index contributed by atoms with van der Waals surface area (Å²) in [4.78, 5) is 34.7. The third-order valence-electron chi connectivity index (χ3n) is 6.51. The first-order chi connectivity index (χ1) is 17.5. The van der Waals surface area contributed by atoms with Gasteiger partial charge in [-0.1, -0.05) is 37.6 Å². The summed E-state index contributed by atoms with van der Waals surface area (Å²) < 4.78 is 11.9. The smallest absolute Gasteiger partial charge is 0.266 e. The van der Waals surface area contributed by atoms with Gasteiger partial charge in [0.1, 0.15) is 17.4 Å². The highest BCUT2D eigenvalue weighted by Crippen LogP contribution is 2.48. The largest absolute Gasteiger partial charge is 0.496 e. The number of carbonyl (C=O) groups is 2. The molecular formula is C28H27BrN2O5. The lowest BCUT2D eigenvalue weighted by molar-refractivity contribution is -0.126. The van der Waals surface area contributed by atoms with Crippen LogP contribution in [0.15, 0.2) is 77.3 Å². The number of imide groups is 1. The SMILES string of the molecule is CCCCOc1ccc(N2C(=O)[C@H]3[C@H](ON(c4ccccc4)[C@H]3c3ccc(OC)c(Br)c3)C2=O)cc1. The number of hydrogen-bond donors (Lipinski definition) is 0. The van der Waals surface area contributed by atoms with Crippen LogP contribution in [0.1, 0.15) is 31.4 Å².